The van der Waals surface area contributed by atoms with Gasteiger partial charge in [-0.1, -0.05) is 12.1 Å². The summed E-state index contributed by atoms with van der Waals surface area (Å²) in [4.78, 5) is 10.8. The highest BCUT2D eigenvalue weighted by molar-refractivity contribution is 7.84. The molecule has 0 radical (unpaired) electrons. The largest absolute Gasteiger partial charge is 0.378 e. The van der Waals surface area contributed by atoms with Crippen molar-refractivity contribution < 1.29 is 13.3 Å². The number of piperidine rings is 1. The van der Waals surface area contributed by atoms with Crippen LogP contribution in [-0.4, -0.2) is 81.3 Å². The number of ether oxygens (including phenoxy) is 1. The second-order valence-electron chi connectivity index (χ2n) is 11.0. The Morgan fingerprint density at radius 3 is 2.32 bits per heavy atom. The van der Waals surface area contributed by atoms with E-state index in [-0.39, 0.29) is 5.82 Å². The fraction of sp³-hybridized carbons (Fsp3) is 0.552. The van der Waals surface area contributed by atoms with Crippen LogP contribution in [0.15, 0.2) is 41.3 Å². The van der Waals surface area contributed by atoms with E-state index in [4.69, 9.17) is 4.74 Å². The third-order valence-corrected chi connectivity index (χ3v) is 9.73. The molecule has 2 atom stereocenters. The molecule has 198 valence electrons. The average Bonchev–Trinajstić information content (AvgIpc) is 3.04. The molecule has 3 aromatic rings. The molecule has 3 saturated heterocycles. The highest BCUT2D eigenvalue weighted by Gasteiger charge is 2.32. The van der Waals surface area contributed by atoms with E-state index in [2.05, 4.69) is 20.9 Å². The maximum Gasteiger partial charge on any atom is 0.151 e. The summed E-state index contributed by atoms with van der Waals surface area (Å²) >= 11 is 0. The molecule has 6 nitrogen and oxygen atoms in total. The van der Waals surface area contributed by atoms with E-state index in [0.29, 0.717) is 23.5 Å². The van der Waals surface area contributed by atoms with Gasteiger partial charge in [0, 0.05) is 47.1 Å². The fourth-order valence-corrected chi connectivity index (χ4v) is 6.94. The number of nitrogens with zero attached hydrogens (tertiary/aromatic N) is 4. The molecule has 4 heterocycles. The maximum absolute atomic E-state index is 15.3. The van der Waals surface area contributed by atoms with Crippen LogP contribution in [0.4, 0.5) is 4.39 Å². The number of hydrogen-bond donors (Lipinski definition) is 0. The van der Waals surface area contributed by atoms with Crippen molar-refractivity contribution in [3.8, 4) is 11.4 Å². The smallest absolute Gasteiger partial charge is 0.151 e. The van der Waals surface area contributed by atoms with Gasteiger partial charge in [0.1, 0.15) is 11.3 Å². The van der Waals surface area contributed by atoms with E-state index < -0.39 is 10.8 Å². The van der Waals surface area contributed by atoms with Crippen LogP contribution in [0.1, 0.15) is 43.6 Å². The van der Waals surface area contributed by atoms with Gasteiger partial charge in [0.25, 0.3) is 0 Å². The molecule has 0 bridgehead atoms. The Hall–Kier alpha value is -2.13. The molecular weight excluding hydrogens is 487 g/mol. The number of rotatable bonds is 5. The molecule has 2 unspecified atom stereocenters. The summed E-state index contributed by atoms with van der Waals surface area (Å²) in [5.41, 5.74) is 3.24. The molecule has 0 spiro atoms. The molecule has 0 amide bonds. The van der Waals surface area contributed by atoms with Crippen LogP contribution in [0.3, 0.4) is 0 Å². The van der Waals surface area contributed by atoms with Gasteiger partial charge < -0.3 is 14.2 Å². The normalized spacial score (nSPS) is 23.7. The zero-order valence-corrected chi connectivity index (χ0v) is 22.7. The van der Waals surface area contributed by atoms with Gasteiger partial charge in [-0.2, -0.15) is 0 Å². The number of aromatic nitrogens is 2. The van der Waals surface area contributed by atoms with Gasteiger partial charge in [-0.05, 0) is 87.5 Å². The molecule has 0 N–H and O–H groups in total. The summed E-state index contributed by atoms with van der Waals surface area (Å²) in [6.45, 7) is 6.37. The Balaban J connectivity index is 1.15. The minimum atomic E-state index is -1.03. The second kappa shape index (κ2) is 10.6. The Kier molecular flexibility index (Phi) is 7.18. The van der Waals surface area contributed by atoms with Gasteiger partial charge in [0.2, 0.25) is 0 Å². The van der Waals surface area contributed by atoms with E-state index in [1.807, 2.05) is 35.9 Å². The minimum Gasteiger partial charge on any atom is -0.378 e. The van der Waals surface area contributed by atoms with Crippen LogP contribution in [0.2, 0.25) is 0 Å². The molecule has 3 aliphatic rings. The van der Waals surface area contributed by atoms with Crippen molar-refractivity contribution in [1.29, 1.82) is 0 Å². The van der Waals surface area contributed by atoms with Crippen LogP contribution in [0.25, 0.3) is 22.4 Å². The van der Waals surface area contributed by atoms with Crippen molar-refractivity contribution in [2.75, 3.05) is 45.6 Å². The summed E-state index contributed by atoms with van der Waals surface area (Å²) in [5, 5.41) is 0. The number of imidazole rings is 1. The number of hydrogen-bond acceptors (Lipinski definition) is 5. The van der Waals surface area contributed by atoms with Crippen LogP contribution >= 0.6 is 0 Å². The molecule has 6 rings (SSSR count). The predicted molar refractivity (Wildman–Crippen MR) is 146 cm³/mol. The number of fused-ring (bicyclic) bond motifs is 1. The monoisotopic (exact) mass is 524 g/mol. The molecule has 0 aliphatic carbocycles. The lowest BCUT2D eigenvalue weighted by Crippen LogP contribution is -2.49. The molecule has 3 aliphatic heterocycles. The number of likely N-dealkylation sites (tertiary alicyclic amines) is 2. The number of halogens is 1. The van der Waals surface area contributed by atoms with E-state index in [1.54, 1.807) is 12.3 Å². The molecular formula is C29H37FN4O2S. The zero-order chi connectivity index (χ0) is 25.5. The van der Waals surface area contributed by atoms with E-state index in [1.165, 1.54) is 32.4 Å². The van der Waals surface area contributed by atoms with Crippen LogP contribution < -0.4 is 0 Å². The molecule has 3 fully saturated rings. The van der Waals surface area contributed by atoms with Gasteiger partial charge >= 0.3 is 0 Å². The first kappa shape index (κ1) is 25.2. The Bertz CT molecular complexity index is 1280. The van der Waals surface area contributed by atoms with Gasteiger partial charge in [0.15, 0.2) is 5.82 Å². The van der Waals surface area contributed by atoms with Crippen molar-refractivity contribution in [3.63, 3.8) is 0 Å². The second-order valence-corrected chi connectivity index (χ2v) is 12.3. The van der Waals surface area contributed by atoms with Gasteiger partial charge in [-0.3, -0.25) is 9.11 Å². The Morgan fingerprint density at radius 2 is 1.65 bits per heavy atom. The lowest BCUT2D eigenvalue weighted by molar-refractivity contribution is -0.0641. The summed E-state index contributed by atoms with van der Waals surface area (Å²) in [5.74, 6) is 0.860. The highest BCUT2D eigenvalue weighted by Crippen LogP contribution is 2.35. The van der Waals surface area contributed by atoms with Crippen LogP contribution in [-0.2, 0) is 22.6 Å². The average molecular weight is 525 g/mol. The quantitative estimate of drug-likeness (QED) is 0.490. The Labute approximate surface area is 221 Å². The van der Waals surface area contributed by atoms with E-state index in [0.717, 1.165) is 66.5 Å². The molecule has 37 heavy (non-hydrogen) atoms. The van der Waals surface area contributed by atoms with Crippen LogP contribution in [0.5, 0.6) is 0 Å². The van der Waals surface area contributed by atoms with Crippen molar-refractivity contribution in [2.24, 2.45) is 7.05 Å². The number of aryl methyl sites for hydroxylation is 1. The van der Waals surface area contributed by atoms with Crippen molar-refractivity contribution in [1.82, 2.24) is 19.4 Å². The predicted octanol–water partition coefficient (Wildman–Crippen LogP) is 4.55. The third-order valence-electron chi connectivity index (χ3n) is 8.79. The summed E-state index contributed by atoms with van der Waals surface area (Å²) in [6, 6.07) is 12.7. The zero-order valence-electron chi connectivity index (χ0n) is 21.9. The number of benzene rings is 2. The van der Waals surface area contributed by atoms with Gasteiger partial charge in [-0.15, -0.1) is 0 Å². The first-order valence-corrected chi connectivity index (χ1v) is 15.2. The minimum absolute atomic E-state index is 0.244. The Morgan fingerprint density at radius 1 is 0.946 bits per heavy atom. The standard InChI is InChI=1S/C29H37FN4O2S/c1-32-27-17-22(16-26(30)28(27)31-29(32)21-5-7-25(8-6-21)37(2)35)20-9-13-34(14-10-20)23-4-3-12-33(15-11-23)24-18-36-19-24/h5-8,16-17,20,23-24H,3-4,9-15,18-19H2,1-2H3. The summed E-state index contributed by atoms with van der Waals surface area (Å²) < 4.78 is 34.4. The SMILES string of the molecule is Cn1c(-c2ccc(S(C)=O)cc2)nc2c(F)cc(C3CCN(C4CCCN(C5COC5)CC4)CC3)cc21. The highest BCUT2D eigenvalue weighted by atomic mass is 32.2. The lowest BCUT2D eigenvalue weighted by atomic mass is 9.88. The first-order chi connectivity index (χ1) is 18.0. The van der Waals surface area contributed by atoms with Gasteiger partial charge in [-0.25, -0.2) is 9.37 Å². The first-order valence-electron chi connectivity index (χ1n) is 13.6. The van der Waals surface area contributed by atoms with E-state index in [9.17, 15) is 4.21 Å². The molecule has 1 aromatic heterocycles. The molecule has 0 saturated carbocycles. The van der Waals surface area contributed by atoms with Crippen molar-refractivity contribution >= 4 is 21.8 Å². The van der Waals surface area contributed by atoms with E-state index >= 15 is 4.39 Å². The summed E-state index contributed by atoms with van der Waals surface area (Å²) in [7, 11) is 0.924. The topological polar surface area (TPSA) is 50.6 Å². The van der Waals surface area contributed by atoms with Crippen molar-refractivity contribution in [2.45, 2.75) is 55.0 Å². The third kappa shape index (κ3) is 5.01. The van der Waals surface area contributed by atoms with Crippen molar-refractivity contribution in [3.05, 3.63) is 47.8 Å². The fourth-order valence-electron chi connectivity index (χ4n) is 6.42. The van der Waals surface area contributed by atoms with Gasteiger partial charge in [0.05, 0.1) is 24.8 Å². The summed E-state index contributed by atoms with van der Waals surface area (Å²) in [6.07, 6.45) is 7.60. The maximum atomic E-state index is 15.3. The lowest BCUT2D eigenvalue weighted by Gasteiger charge is -2.38. The van der Waals surface area contributed by atoms with Crippen LogP contribution in [0, 0.1) is 5.82 Å². The molecule has 2 aromatic carbocycles. The molecule has 8 heteroatoms.